The maximum absolute atomic E-state index is 13.1. The molecule has 0 spiro atoms. The number of esters is 1. The van der Waals surface area contributed by atoms with E-state index in [2.05, 4.69) is 5.10 Å². The number of hydrogen-bond acceptors (Lipinski definition) is 8. The average Bonchev–Trinajstić information content (AvgIpc) is 2.73. The van der Waals surface area contributed by atoms with Gasteiger partial charge in [0.05, 0.1) is 51.2 Å². The summed E-state index contributed by atoms with van der Waals surface area (Å²) in [7, 11) is 1.59. The molecule has 2 aromatic rings. The number of aromatic nitrogens is 2. The third-order valence-corrected chi connectivity index (χ3v) is 5.50. The Morgan fingerprint density at radius 3 is 2.44 bits per heavy atom. The van der Waals surface area contributed by atoms with Gasteiger partial charge in [-0.1, -0.05) is 12.1 Å². The van der Waals surface area contributed by atoms with Crippen molar-refractivity contribution >= 4 is 17.4 Å². The molecule has 0 bridgehead atoms. The summed E-state index contributed by atoms with van der Waals surface area (Å²) in [6.45, 7) is 8.45. The summed E-state index contributed by atoms with van der Waals surface area (Å²) in [5.41, 5.74) is 0.582. The Kier molecular flexibility index (Phi) is 8.09. The van der Waals surface area contributed by atoms with Crippen molar-refractivity contribution in [3.63, 3.8) is 0 Å². The van der Waals surface area contributed by atoms with Crippen molar-refractivity contribution in [3.05, 3.63) is 51.9 Å². The molecule has 0 amide bonds. The van der Waals surface area contributed by atoms with Gasteiger partial charge in [-0.3, -0.25) is 14.4 Å². The van der Waals surface area contributed by atoms with Crippen molar-refractivity contribution in [2.45, 2.75) is 58.7 Å². The number of hydrogen-bond donors (Lipinski definition) is 0. The molecule has 0 unspecified atom stereocenters. The van der Waals surface area contributed by atoms with Gasteiger partial charge in [-0.15, -0.1) is 0 Å². The van der Waals surface area contributed by atoms with Crippen molar-refractivity contribution in [3.8, 4) is 5.75 Å². The molecule has 9 nitrogen and oxygen atoms in total. The number of nitrogens with zero attached hydrogens (tertiary/aromatic N) is 3. The van der Waals surface area contributed by atoms with Gasteiger partial charge in [-0.05, 0) is 51.8 Å². The number of rotatable bonds is 10. The Hall–Kier alpha value is -3.20. The van der Waals surface area contributed by atoms with Crippen LogP contribution in [0.15, 0.2) is 35.3 Å². The average molecular weight is 472 g/mol. The zero-order valence-corrected chi connectivity index (χ0v) is 20.5. The Morgan fingerprint density at radius 1 is 1.18 bits per heavy atom. The second-order valence-corrected chi connectivity index (χ2v) is 9.32. The number of Topliss-reactive ketones (excluding diaryl/α,β-unsaturated/α-hetero) is 1. The number of ether oxygens (including phenoxy) is 3. The Bertz CT molecular complexity index is 1070. The van der Waals surface area contributed by atoms with E-state index in [1.807, 2.05) is 49.9 Å². The Morgan fingerprint density at radius 2 is 1.88 bits per heavy atom. The van der Waals surface area contributed by atoms with Crippen LogP contribution in [0.2, 0.25) is 0 Å². The van der Waals surface area contributed by atoms with Gasteiger partial charge in [0.2, 0.25) is 0 Å². The summed E-state index contributed by atoms with van der Waals surface area (Å²) in [5.74, 6) is 0.116. The van der Waals surface area contributed by atoms with Gasteiger partial charge >= 0.3 is 5.97 Å². The van der Waals surface area contributed by atoms with E-state index in [1.165, 1.54) is 11.6 Å². The summed E-state index contributed by atoms with van der Waals surface area (Å²) < 4.78 is 17.4. The predicted molar refractivity (Wildman–Crippen MR) is 128 cm³/mol. The van der Waals surface area contributed by atoms with Gasteiger partial charge in [0.15, 0.2) is 5.78 Å². The van der Waals surface area contributed by atoms with E-state index in [9.17, 15) is 14.4 Å². The van der Waals surface area contributed by atoms with Crippen LogP contribution in [0.1, 0.15) is 56.5 Å². The monoisotopic (exact) mass is 471 g/mol. The smallest absolute Gasteiger partial charge is 0.308 e. The highest BCUT2D eigenvalue weighted by Crippen LogP contribution is 2.28. The molecule has 1 saturated heterocycles. The maximum atomic E-state index is 13.1. The van der Waals surface area contributed by atoms with E-state index in [4.69, 9.17) is 14.2 Å². The number of benzene rings is 1. The van der Waals surface area contributed by atoms with Crippen molar-refractivity contribution in [2.24, 2.45) is 0 Å². The lowest BCUT2D eigenvalue weighted by molar-refractivity contribution is -0.156. The number of methoxy groups -OCH3 is 1. The van der Waals surface area contributed by atoms with E-state index in [-0.39, 0.29) is 42.9 Å². The first-order chi connectivity index (χ1) is 16.1. The van der Waals surface area contributed by atoms with Crippen LogP contribution in [0.3, 0.4) is 0 Å². The molecule has 1 atom stereocenters. The molecule has 0 saturated carbocycles. The quantitative estimate of drug-likeness (QED) is 0.296. The maximum Gasteiger partial charge on any atom is 0.308 e. The van der Waals surface area contributed by atoms with Crippen LogP contribution >= 0.6 is 0 Å². The molecular formula is C25H33N3O6. The van der Waals surface area contributed by atoms with E-state index >= 15 is 0 Å². The third-order valence-electron chi connectivity index (χ3n) is 5.50. The van der Waals surface area contributed by atoms with E-state index in [0.29, 0.717) is 18.8 Å². The van der Waals surface area contributed by atoms with Crippen LogP contribution in [0.5, 0.6) is 5.75 Å². The summed E-state index contributed by atoms with van der Waals surface area (Å²) in [6, 6.07) is 7.35. The highest BCUT2D eigenvalue weighted by molar-refractivity contribution is 5.99. The zero-order valence-electron chi connectivity index (χ0n) is 20.5. The molecule has 9 heteroatoms. The second kappa shape index (κ2) is 10.8. The molecule has 1 aliphatic rings. The molecule has 0 aliphatic carbocycles. The first-order valence-corrected chi connectivity index (χ1v) is 11.4. The number of ketones is 1. The van der Waals surface area contributed by atoms with E-state index < -0.39 is 11.2 Å². The lowest BCUT2D eigenvalue weighted by Crippen LogP contribution is -2.52. The van der Waals surface area contributed by atoms with Crippen molar-refractivity contribution in [2.75, 3.05) is 31.8 Å². The Labute approximate surface area is 199 Å². The fraction of sp³-hybridized carbons (Fsp3) is 0.520. The van der Waals surface area contributed by atoms with Crippen LogP contribution in [-0.4, -0.2) is 60.0 Å². The van der Waals surface area contributed by atoms with Gasteiger partial charge in [-0.2, -0.15) is 5.10 Å². The molecule has 3 rings (SSSR count). The molecule has 1 fully saturated rings. The SMILES string of the molecule is COc1ccc(Cn2ncc(N3CC[C@H]3COCCC(=O)OC(C)(C)C)c(C(C)=O)c2=O)cc1. The van der Waals surface area contributed by atoms with Crippen molar-refractivity contribution < 1.29 is 23.8 Å². The summed E-state index contributed by atoms with van der Waals surface area (Å²) >= 11 is 0. The topological polar surface area (TPSA) is 100.0 Å². The molecular weight excluding hydrogens is 438 g/mol. The van der Waals surface area contributed by atoms with E-state index in [1.54, 1.807) is 13.3 Å². The molecule has 34 heavy (non-hydrogen) atoms. The van der Waals surface area contributed by atoms with Gasteiger partial charge in [0, 0.05) is 6.54 Å². The lowest BCUT2D eigenvalue weighted by atomic mass is 10.0. The predicted octanol–water partition coefficient (Wildman–Crippen LogP) is 2.83. The highest BCUT2D eigenvalue weighted by atomic mass is 16.6. The third kappa shape index (κ3) is 6.44. The van der Waals surface area contributed by atoms with Crippen LogP contribution in [0.4, 0.5) is 5.69 Å². The second-order valence-electron chi connectivity index (χ2n) is 9.32. The minimum absolute atomic E-state index is 0.00961. The number of carbonyl (C=O) groups excluding carboxylic acids is 2. The molecule has 0 radical (unpaired) electrons. The standard InChI is InChI=1S/C25H33N3O6/c1-17(29)23-21(14-26-28(24(23)31)15-18-6-8-20(32-5)9-7-18)27-12-10-19(27)16-33-13-11-22(30)34-25(2,3)4/h6-9,14,19H,10-13,15-16H2,1-5H3/t19-/m0/s1. The van der Waals surface area contributed by atoms with Gasteiger partial charge in [-0.25, -0.2) is 4.68 Å². The lowest BCUT2D eigenvalue weighted by Gasteiger charge is -2.43. The fourth-order valence-corrected chi connectivity index (χ4v) is 3.74. The largest absolute Gasteiger partial charge is 0.497 e. The summed E-state index contributed by atoms with van der Waals surface area (Å²) in [6.07, 6.45) is 2.61. The summed E-state index contributed by atoms with van der Waals surface area (Å²) in [5, 5.41) is 4.33. The number of carbonyl (C=O) groups is 2. The first kappa shape index (κ1) is 25.4. The molecule has 2 heterocycles. The molecule has 1 aromatic carbocycles. The highest BCUT2D eigenvalue weighted by Gasteiger charge is 2.32. The van der Waals surface area contributed by atoms with Crippen LogP contribution < -0.4 is 15.2 Å². The molecule has 184 valence electrons. The van der Waals surface area contributed by atoms with Crippen molar-refractivity contribution in [1.82, 2.24) is 9.78 Å². The van der Waals surface area contributed by atoms with Crippen molar-refractivity contribution in [1.29, 1.82) is 0 Å². The normalized spacial score (nSPS) is 15.6. The Balaban J connectivity index is 1.65. The van der Waals surface area contributed by atoms with Gasteiger partial charge in [0.25, 0.3) is 5.56 Å². The first-order valence-electron chi connectivity index (χ1n) is 11.4. The molecule has 0 N–H and O–H groups in total. The van der Waals surface area contributed by atoms with E-state index in [0.717, 1.165) is 17.7 Å². The summed E-state index contributed by atoms with van der Waals surface area (Å²) in [4.78, 5) is 39.3. The van der Waals surface area contributed by atoms with Gasteiger partial charge < -0.3 is 19.1 Å². The van der Waals surface area contributed by atoms with Crippen LogP contribution in [0, 0.1) is 0 Å². The van der Waals surface area contributed by atoms with Crippen LogP contribution in [-0.2, 0) is 20.8 Å². The minimum atomic E-state index is -0.522. The minimum Gasteiger partial charge on any atom is -0.497 e. The van der Waals surface area contributed by atoms with Gasteiger partial charge in [0.1, 0.15) is 16.9 Å². The zero-order chi connectivity index (χ0) is 24.9. The molecule has 1 aromatic heterocycles. The van der Waals surface area contributed by atoms with Crippen LogP contribution in [0.25, 0.3) is 0 Å². The fourth-order valence-electron chi connectivity index (χ4n) is 3.74. The number of anilines is 1. The molecule has 1 aliphatic heterocycles.